The Bertz CT molecular complexity index is 1260. The van der Waals surface area contributed by atoms with Crippen molar-refractivity contribution in [2.45, 2.75) is 0 Å². The van der Waals surface area contributed by atoms with Gasteiger partial charge in [-0.25, -0.2) is 4.98 Å². The van der Waals surface area contributed by atoms with E-state index in [4.69, 9.17) is 27.9 Å². The molecule has 0 fully saturated rings. The lowest BCUT2D eigenvalue weighted by molar-refractivity contribution is 0.415. The van der Waals surface area contributed by atoms with Crippen LogP contribution in [0.15, 0.2) is 59.4 Å². The third kappa shape index (κ3) is 3.54. The van der Waals surface area contributed by atoms with Crippen LogP contribution in [-0.2, 0) is 0 Å². The maximum atomic E-state index is 12.3. The zero-order valence-corrected chi connectivity index (χ0v) is 15.8. The number of aromatic nitrogens is 2. The summed E-state index contributed by atoms with van der Waals surface area (Å²) in [6.07, 6.45) is 1.76. The van der Waals surface area contributed by atoms with Crippen molar-refractivity contribution in [2.24, 2.45) is 0 Å². The van der Waals surface area contributed by atoms with Crippen LogP contribution in [-0.4, -0.2) is 17.1 Å². The molecule has 134 valence electrons. The minimum atomic E-state index is -0.260. The number of ether oxygens (including phenoxy) is 1. The number of rotatable bonds is 3. The predicted octanol–water partition coefficient (Wildman–Crippen LogP) is 5.48. The van der Waals surface area contributed by atoms with E-state index in [0.29, 0.717) is 26.8 Å². The molecule has 6 heteroatoms. The number of fused-ring (bicyclic) bond motifs is 2. The van der Waals surface area contributed by atoms with Gasteiger partial charge in [-0.15, -0.1) is 0 Å². The Morgan fingerprint density at radius 2 is 1.85 bits per heavy atom. The van der Waals surface area contributed by atoms with Crippen LogP contribution < -0.4 is 10.3 Å². The van der Waals surface area contributed by atoms with Gasteiger partial charge in [-0.05, 0) is 58.8 Å². The number of H-pyrrole nitrogens is 1. The maximum Gasteiger partial charge on any atom is 0.259 e. The van der Waals surface area contributed by atoms with Crippen molar-refractivity contribution in [1.82, 2.24) is 9.97 Å². The van der Waals surface area contributed by atoms with Crippen LogP contribution in [0.5, 0.6) is 5.75 Å². The first-order chi connectivity index (χ1) is 13.0. The molecular weight excluding hydrogens is 383 g/mol. The summed E-state index contributed by atoms with van der Waals surface area (Å²) in [6.45, 7) is 0. The normalized spacial score (nSPS) is 11.9. The average Bonchev–Trinajstić information content (AvgIpc) is 2.67. The van der Waals surface area contributed by atoms with E-state index in [9.17, 15) is 4.79 Å². The highest BCUT2D eigenvalue weighted by Gasteiger charge is 2.08. The Labute approximate surface area is 165 Å². The summed E-state index contributed by atoms with van der Waals surface area (Å²) >= 11 is 12.4. The topological polar surface area (TPSA) is 55.0 Å². The second-order valence-corrected chi connectivity index (χ2v) is 6.88. The Morgan fingerprint density at radius 1 is 1.07 bits per heavy atom. The molecule has 1 N–H and O–H groups in total. The fourth-order valence-corrected chi connectivity index (χ4v) is 3.28. The number of nitrogens with one attached hydrogen (secondary N) is 1. The average molecular weight is 397 g/mol. The first-order valence-electron chi connectivity index (χ1n) is 8.18. The summed E-state index contributed by atoms with van der Waals surface area (Å²) < 4.78 is 5.25. The number of hydrogen-bond acceptors (Lipinski definition) is 3. The largest absolute Gasteiger partial charge is 0.497 e. The van der Waals surface area contributed by atoms with Gasteiger partial charge in [0, 0.05) is 5.02 Å². The van der Waals surface area contributed by atoms with E-state index in [2.05, 4.69) is 9.97 Å². The zero-order chi connectivity index (χ0) is 19.0. The zero-order valence-electron chi connectivity index (χ0n) is 14.3. The van der Waals surface area contributed by atoms with Gasteiger partial charge in [-0.1, -0.05) is 41.4 Å². The van der Waals surface area contributed by atoms with Crippen LogP contribution in [0.3, 0.4) is 0 Å². The Balaban J connectivity index is 1.76. The van der Waals surface area contributed by atoms with E-state index < -0.39 is 0 Å². The van der Waals surface area contributed by atoms with Crippen molar-refractivity contribution < 1.29 is 4.74 Å². The molecule has 0 spiro atoms. The molecule has 0 bridgehead atoms. The molecule has 0 aliphatic carbocycles. The lowest BCUT2D eigenvalue weighted by Gasteiger charge is -2.05. The number of benzene rings is 3. The first-order valence-corrected chi connectivity index (χ1v) is 8.94. The first kappa shape index (κ1) is 17.6. The molecule has 0 saturated heterocycles. The monoisotopic (exact) mass is 396 g/mol. The molecule has 0 amide bonds. The van der Waals surface area contributed by atoms with E-state index in [-0.39, 0.29) is 5.56 Å². The minimum Gasteiger partial charge on any atom is -0.497 e. The Hall–Kier alpha value is -2.82. The Kier molecular flexibility index (Phi) is 4.60. The summed E-state index contributed by atoms with van der Waals surface area (Å²) in [5.74, 6) is 1.10. The van der Waals surface area contributed by atoms with Gasteiger partial charge >= 0.3 is 0 Å². The minimum absolute atomic E-state index is 0.260. The van der Waals surface area contributed by atoms with Crippen LogP contribution in [0.2, 0.25) is 5.02 Å². The highest BCUT2D eigenvalue weighted by Crippen LogP contribution is 2.25. The molecule has 0 radical (unpaired) electrons. The molecule has 0 aliphatic heterocycles. The van der Waals surface area contributed by atoms with Crippen molar-refractivity contribution in [3.05, 3.63) is 81.4 Å². The number of aromatic amines is 1. The van der Waals surface area contributed by atoms with E-state index in [1.165, 1.54) is 0 Å². The maximum absolute atomic E-state index is 12.3. The van der Waals surface area contributed by atoms with Gasteiger partial charge in [0.05, 0.1) is 23.0 Å². The van der Waals surface area contributed by atoms with Gasteiger partial charge in [-0.2, -0.15) is 0 Å². The highest BCUT2D eigenvalue weighted by molar-refractivity contribution is 6.50. The summed E-state index contributed by atoms with van der Waals surface area (Å²) in [5.41, 5.74) is 1.13. The van der Waals surface area contributed by atoms with Crippen LogP contribution >= 0.6 is 23.2 Å². The van der Waals surface area contributed by atoms with Gasteiger partial charge in [0.1, 0.15) is 5.75 Å². The molecule has 1 aromatic heterocycles. The summed E-state index contributed by atoms with van der Waals surface area (Å²) in [5, 5.41) is 3.43. The second-order valence-electron chi connectivity index (χ2n) is 6.04. The molecule has 3 aromatic carbocycles. The van der Waals surface area contributed by atoms with E-state index in [1.54, 1.807) is 31.4 Å². The number of methoxy groups -OCH3 is 1. The highest BCUT2D eigenvalue weighted by atomic mass is 35.5. The van der Waals surface area contributed by atoms with E-state index >= 15 is 0 Å². The second kappa shape index (κ2) is 7.06. The molecular formula is C21H14Cl2N2O2. The number of halogens is 2. The molecule has 4 rings (SSSR count). The van der Waals surface area contributed by atoms with Crippen molar-refractivity contribution >= 4 is 56.0 Å². The van der Waals surface area contributed by atoms with Crippen LogP contribution in [0.1, 0.15) is 11.4 Å². The lowest BCUT2D eigenvalue weighted by atomic mass is 10.1. The molecule has 0 aliphatic rings. The fraction of sp³-hybridized carbons (Fsp3) is 0.0476. The summed E-state index contributed by atoms with van der Waals surface area (Å²) in [7, 11) is 1.64. The number of nitrogens with zero attached hydrogens (tertiary/aromatic N) is 1. The SMILES string of the molecule is COc1ccc2cc(/C=C(\Cl)c3nc4cc(Cl)ccc4c(=O)[nH]3)ccc2c1. The molecule has 0 atom stereocenters. The number of hydrogen-bond donors (Lipinski definition) is 1. The van der Waals surface area contributed by atoms with Gasteiger partial charge in [0.25, 0.3) is 5.56 Å². The Morgan fingerprint density at radius 3 is 2.67 bits per heavy atom. The van der Waals surface area contributed by atoms with Gasteiger partial charge in [0.2, 0.25) is 0 Å². The van der Waals surface area contributed by atoms with Crippen molar-refractivity contribution in [1.29, 1.82) is 0 Å². The standard InChI is InChI=1S/C21H14Cl2N2O2/c1-27-16-6-4-13-8-12(2-3-14(13)10-16)9-18(23)20-24-19-11-15(22)5-7-17(19)21(26)25-20/h2-11H,1H3,(H,24,25,26)/b18-9-. The molecule has 0 saturated carbocycles. The van der Waals surface area contributed by atoms with Gasteiger partial charge in [0.15, 0.2) is 5.82 Å². The summed E-state index contributed by atoms with van der Waals surface area (Å²) in [4.78, 5) is 19.4. The molecule has 0 unspecified atom stereocenters. The predicted molar refractivity (Wildman–Crippen MR) is 112 cm³/mol. The third-order valence-corrected chi connectivity index (χ3v) is 4.78. The van der Waals surface area contributed by atoms with E-state index in [0.717, 1.165) is 22.1 Å². The van der Waals surface area contributed by atoms with Crippen LogP contribution in [0, 0.1) is 0 Å². The molecule has 4 aromatic rings. The van der Waals surface area contributed by atoms with Crippen molar-refractivity contribution in [3.8, 4) is 5.75 Å². The summed E-state index contributed by atoms with van der Waals surface area (Å²) in [6, 6.07) is 16.7. The van der Waals surface area contributed by atoms with E-state index in [1.807, 2.05) is 36.4 Å². The van der Waals surface area contributed by atoms with Crippen molar-refractivity contribution in [2.75, 3.05) is 7.11 Å². The molecule has 27 heavy (non-hydrogen) atoms. The van der Waals surface area contributed by atoms with Gasteiger partial charge < -0.3 is 9.72 Å². The van der Waals surface area contributed by atoms with Crippen LogP contribution in [0.4, 0.5) is 0 Å². The smallest absolute Gasteiger partial charge is 0.259 e. The van der Waals surface area contributed by atoms with Crippen LogP contribution in [0.25, 0.3) is 32.8 Å². The molecule has 1 heterocycles. The van der Waals surface area contributed by atoms with Gasteiger partial charge in [-0.3, -0.25) is 4.79 Å². The third-order valence-electron chi connectivity index (χ3n) is 4.26. The van der Waals surface area contributed by atoms with Crippen molar-refractivity contribution in [3.63, 3.8) is 0 Å². The fourth-order valence-electron chi connectivity index (χ4n) is 2.90. The molecule has 4 nitrogen and oxygen atoms in total. The lowest BCUT2D eigenvalue weighted by Crippen LogP contribution is -2.10. The quantitative estimate of drug-likeness (QED) is 0.498.